The van der Waals surface area contributed by atoms with Gasteiger partial charge in [-0.3, -0.25) is 9.69 Å². The molecule has 1 aliphatic heterocycles. The van der Waals surface area contributed by atoms with E-state index in [4.69, 9.17) is 4.74 Å². The number of anilines is 1. The molecule has 3 aromatic carbocycles. The van der Waals surface area contributed by atoms with Crippen molar-refractivity contribution in [1.82, 2.24) is 4.90 Å². The highest BCUT2D eigenvalue weighted by atomic mass is 19.4. The number of nitrogens with zero attached hydrogens (tertiary/aromatic N) is 2. The van der Waals surface area contributed by atoms with Gasteiger partial charge < -0.3 is 14.7 Å². The van der Waals surface area contributed by atoms with Gasteiger partial charge in [0.05, 0.1) is 11.1 Å². The van der Waals surface area contributed by atoms with E-state index in [2.05, 4.69) is 4.90 Å². The van der Waals surface area contributed by atoms with Gasteiger partial charge in [-0.1, -0.05) is 49.6 Å². The van der Waals surface area contributed by atoms with Crippen LogP contribution in [0.1, 0.15) is 59.2 Å². The van der Waals surface area contributed by atoms with Crippen molar-refractivity contribution in [2.45, 2.75) is 51.4 Å². The maximum atomic E-state index is 13.4. The molecule has 0 aromatic heterocycles. The van der Waals surface area contributed by atoms with Crippen molar-refractivity contribution < 1.29 is 32.6 Å². The van der Waals surface area contributed by atoms with Crippen LogP contribution >= 0.6 is 0 Å². The first-order valence-electron chi connectivity index (χ1n) is 13.4. The molecule has 1 heterocycles. The van der Waals surface area contributed by atoms with Gasteiger partial charge in [0.2, 0.25) is 0 Å². The molecule has 0 radical (unpaired) electrons. The summed E-state index contributed by atoms with van der Waals surface area (Å²) in [5.41, 5.74) is 1.41. The average Bonchev–Trinajstić information content (AvgIpc) is 2.93. The number of alkyl halides is 3. The van der Waals surface area contributed by atoms with E-state index in [0.29, 0.717) is 43.2 Å². The molecule has 0 saturated carbocycles. The topological polar surface area (TPSA) is 70.1 Å². The third kappa shape index (κ3) is 8.08. The summed E-state index contributed by atoms with van der Waals surface area (Å²) in [6.07, 6.45) is 0.218. The Bertz CT molecular complexity index is 1280. The molecule has 0 unspecified atom stereocenters. The fourth-order valence-electron chi connectivity index (χ4n) is 4.88. The maximum Gasteiger partial charge on any atom is 0.416 e. The molecule has 6 nitrogen and oxygen atoms in total. The number of fused-ring (bicyclic) bond motifs is 1. The van der Waals surface area contributed by atoms with Gasteiger partial charge in [0.1, 0.15) is 5.75 Å². The summed E-state index contributed by atoms with van der Waals surface area (Å²) in [5.74, 6) is -0.734. The second kappa shape index (κ2) is 13.5. The van der Waals surface area contributed by atoms with E-state index in [1.54, 1.807) is 29.2 Å². The first-order chi connectivity index (χ1) is 19.2. The van der Waals surface area contributed by atoms with Crippen LogP contribution in [0.2, 0.25) is 0 Å². The minimum atomic E-state index is -4.40. The van der Waals surface area contributed by atoms with Crippen molar-refractivity contribution in [3.8, 4) is 5.75 Å². The average molecular weight is 555 g/mol. The van der Waals surface area contributed by atoms with Crippen molar-refractivity contribution in [2.24, 2.45) is 0 Å². The minimum Gasteiger partial charge on any atom is -0.484 e. The van der Waals surface area contributed by atoms with E-state index in [9.17, 15) is 27.9 Å². The number of hydrogen-bond acceptors (Lipinski definition) is 4. The molecule has 0 spiro atoms. The Morgan fingerprint density at radius 2 is 1.52 bits per heavy atom. The number of rotatable bonds is 6. The zero-order chi connectivity index (χ0) is 28.5. The van der Waals surface area contributed by atoms with Crippen LogP contribution in [-0.4, -0.2) is 41.6 Å². The van der Waals surface area contributed by atoms with Gasteiger partial charge in [0, 0.05) is 25.3 Å². The fraction of sp³-hybridized carbons (Fsp3) is 0.355. The standard InChI is InChI=1S/C31H33F3N2O4/c32-31(33,34)26-14-11-23(12-15-26)20-35-17-7-2-1-3-8-18-36(29(37)22-40-27-9-5-4-6-10-27)28-16-13-24(30(38)39)19-25(28)21-35/h4-6,9-16,19H,1-3,7-8,17-18,20-22H2,(H,38,39). The van der Waals surface area contributed by atoms with Gasteiger partial charge in [-0.15, -0.1) is 0 Å². The second-order valence-electron chi connectivity index (χ2n) is 9.97. The quantitative estimate of drug-likeness (QED) is 0.364. The van der Waals surface area contributed by atoms with Crippen molar-refractivity contribution >= 4 is 17.6 Å². The number of ether oxygens (including phenoxy) is 1. The number of carboxylic acid groups (broad SMARTS) is 1. The Kier molecular flexibility index (Phi) is 9.82. The number of para-hydroxylation sites is 1. The van der Waals surface area contributed by atoms with Gasteiger partial charge in [-0.25, -0.2) is 4.79 Å². The summed E-state index contributed by atoms with van der Waals surface area (Å²) in [6, 6.07) is 18.9. The highest BCUT2D eigenvalue weighted by molar-refractivity contribution is 5.96. The van der Waals surface area contributed by atoms with Crippen LogP contribution in [0.25, 0.3) is 0 Å². The lowest BCUT2D eigenvalue weighted by Gasteiger charge is -2.30. The molecule has 0 saturated heterocycles. The largest absolute Gasteiger partial charge is 0.484 e. The normalized spacial score (nSPS) is 15.4. The summed E-state index contributed by atoms with van der Waals surface area (Å²) < 4.78 is 44.9. The summed E-state index contributed by atoms with van der Waals surface area (Å²) in [6.45, 7) is 1.71. The lowest BCUT2D eigenvalue weighted by molar-refractivity contribution is -0.137. The van der Waals surface area contributed by atoms with Gasteiger partial charge in [-0.2, -0.15) is 13.2 Å². The second-order valence-corrected chi connectivity index (χ2v) is 9.97. The number of aromatic carboxylic acids is 1. The van der Waals surface area contributed by atoms with E-state index >= 15 is 0 Å². The van der Waals surface area contributed by atoms with E-state index < -0.39 is 17.7 Å². The predicted molar refractivity (Wildman–Crippen MR) is 146 cm³/mol. The number of hydrogen-bond donors (Lipinski definition) is 1. The SMILES string of the molecule is O=C(O)c1ccc2c(c1)CN(Cc1ccc(C(F)(F)F)cc1)CCCCCCCN2C(=O)COc1ccccc1. The molecule has 0 bridgehead atoms. The Morgan fingerprint density at radius 3 is 2.20 bits per heavy atom. The Balaban J connectivity index is 1.62. The number of amides is 1. The highest BCUT2D eigenvalue weighted by Crippen LogP contribution is 2.30. The zero-order valence-corrected chi connectivity index (χ0v) is 22.2. The smallest absolute Gasteiger partial charge is 0.416 e. The molecule has 40 heavy (non-hydrogen) atoms. The van der Waals surface area contributed by atoms with E-state index in [0.717, 1.165) is 49.8 Å². The molecular formula is C31H33F3N2O4. The van der Waals surface area contributed by atoms with Gasteiger partial charge in [0.15, 0.2) is 6.61 Å². The van der Waals surface area contributed by atoms with Crippen LogP contribution in [-0.2, 0) is 24.1 Å². The Morgan fingerprint density at radius 1 is 0.850 bits per heavy atom. The molecule has 0 aliphatic carbocycles. The van der Waals surface area contributed by atoms with Crippen molar-refractivity contribution in [1.29, 1.82) is 0 Å². The summed E-state index contributed by atoms with van der Waals surface area (Å²) >= 11 is 0. The van der Waals surface area contributed by atoms with Crippen LogP contribution in [0.15, 0.2) is 72.8 Å². The molecule has 0 atom stereocenters. The molecular weight excluding hydrogens is 521 g/mol. The lowest BCUT2D eigenvalue weighted by atomic mass is 10.0. The monoisotopic (exact) mass is 554 g/mol. The Hall–Kier alpha value is -3.85. The third-order valence-corrected chi connectivity index (χ3v) is 6.96. The van der Waals surface area contributed by atoms with Crippen LogP contribution in [0.4, 0.5) is 18.9 Å². The van der Waals surface area contributed by atoms with Crippen LogP contribution in [0.3, 0.4) is 0 Å². The first kappa shape index (κ1) is 29.1. The molecule has 1 aliphatic rings. The van der Waals surface area contributed by atoms with E-state index in [1.165, 1.54) is 18.2 Å². The number of carbonyl (C=O) groups excluding carboxylic acids is 1. The lowest BCUT2D eigenvalue weighted by Crippen LogP contribution is -2.37. The van der Waals surface area contributed by atoms with Crippen LogP contribution < -0.4 is 9.64 Å². The number of carboxylic acids is 1. The summed E-state index contributed by atoms with van der Waals surface area (Å²) in [7, 11) is 0. The number of benzene rings is 3. The van der Waals surface area contributed by atoms with Crippen LogP contribution in [0.5, 0.6) is 5.75 Å². The summed E-state index contributed by atoms with van der Waals surface area (Å²) in [5, 5.41) is 9.67. The molecule has 4 rings (SSSR count). The van der Waals surface area contributed by atoms with Gasteiger partial charge in [-0.05, 0) is 73.0 Å². The minimum absolute atomic E-state index is 0.105. The fourth-order valence-corrected chi connectivity index (χ4v) is 4.88. The van der Waals surface area contributed by atoms with Gasteiger partial charge >= 0.3 is 12.1 Å². The van der Waals surface area contributed by atoms with E-state index in [-0.39, 0.29) is 18.1 Å². The van der Waals surface area contributed by atoms with E-state index in [1.807, 2.05) is 18.2 Å². The number of carbonyl (C=O) groups is 2. The first-order valence-corrected chi connectivity index (χ1v) is 13.4. The van der Waals surface area contributed by atoms with Crippen LogP contribution in [0, 0.1) is 0 Å². The molecule has 3 aromatic rings. The van der Waals surface area contributed by atoms with Crippen molar-refractivity contribution in [3.63, 3.8) is 0 Å². The molecule has 9 heteroatoms. The Labute approximate surface area is 232 Å². The third-order valence-electron chi connectivity index (χ3n) is 6.96. The molecule has 212 valence electrons. The zero-order valence-electron chi connectivity index (χ0n) is 22.2. The molecule has 0 fully saturated rings. The summed E-state index contributed by atoms with van der Waals surface area (Å²) in [4.78, 5) is 29.0. The maximum absolute atomic E-state index is 13.4. The highest BCUT2D eigenvalue weighted by Gasteiger charge is 2.30. The van der Waals surface area contributed by atoms with Gasteiger partial charge in [0.25, 0.3) is 5.91 Å². The van der Waals surface area contributed by atoms with Crippen molar-refractivity contribution in [3.05, 3.63) is 95.1 Å². The predicted octanol–water partition coefficient (Wildman–Crippen LogP) is 6.78. The molecule has 1 N–H and O–H groups in total. The number of halogens is 3. The van der Waals surface area contributed by atoms with Crippen molar-refractivity contribution in [2.75, 3.05) is 24.6 Å². The molecule has 1 amide bonds.